The van der Waals surface area contributed by atoms with Gasteiger partial charge in [-0.25, -0.2) is 9.97 Å². The van der Waals surface area contributed by atoms with Crippen molar-refractivity contribution in [2.45, 2.75) is 20.4 Å². The molecule has 0 aliphatic rings. The summed E-state index contributed by atoms with van der Waals surface area (Å²) in [4.78, 5) is 13.3. The summed E-state index contributed by atoms with van der Waals surface area (Å²) in [6.45, 7) is 4.92. The number of rotatable bonds is 3. The Hall–Kier alpha value is -2.95. The molecule has 4 rings (SSSR count). The third-order valence-corrected chi connectivity index (χ3v) is 4.14. The zero-order valence-corrected chi connectivity index (χ0v) is 13.1. The molecule has 0 radical (unpaired) electrons. The molecule has 4 aromatic rings. The molecule has 5 nitrogen and oxygen atoms in total. The number of aromatic nitrogens is 4. The van der Waals surface area contributed by atoms with Crippen LogP contribution < -0.4 is 5.32 Å². The number of imidazole rings is 1. The summed E-state index contributed by atoms with van der Waals surface area (Å²) >= 11 is 0. The Morgan fingerprint density at radius 3 is 2.65 bits per heavy atom. The predicted molar refractivity (Wildman–Crippen MR) is 91.5 cm³/mol. The first-order valence-electron chi connectivity index (χ1n) is 7.59. The summed E-state index contributed by atoms with van der Waals surface area (Å²) in [5.74, 6) is 0.794. The number of benzene rings is 1. The van der Waals surface area contributed by atoms with Crippen molar-refractivity contribution in [3.63, 3.8) is 0 Å². The molecule has 5 heteroatoms. The summed E-state index contributed by atoms with van der Waals surface area (Å²) in [6.07, 6.45) is 7.37. The Labute approximate surface area is 134 Å². The average molecular weight is 303 g/mol. The fourth-order valence-corrected chi connectivity index (χ4v) is 2.72. The maximum Gasteiger partial charge on any atom is 0.180 e. The average Bonchev–Trinajstić information content (AvgIpc) is 3.05. The Morgan fingerprint density at radius 1 is 1.04 bits per heavy atom. The van der Waals surface area contributed by atoms with E-state index in [1.807, 2.05) is 24.5 Å². The van der Waals surface area contributed by atoms with Crippen LogP contribution in [0.1, 0.15) is 16.7 Å². The van der Waals surface area contributed by atoms with E-state index in [0.717, 1.165) is 28.1 Å². The van der Waals surface area contributed by atoms with Gasteiger partial charge in [0, 0.05) is 31.3 Å². The third kappa shape index (κ3) is 2.40. The summed E-state index contributed by atoms with van der Waals surface area (Å²) < 4.78 is 2.09. The first-order chi connectivity index (χ1) is 11.2. The normalized spacial score (nSPS) is 11.2. The van der Waals surface area contributed by atoms with Crippen LogP contribution in [0, 0.1) is 13.8 Å². The van der Waals surface area contributed by atoms with Crippen LogP contribution in [-0.4, -0.2) is 19.4 Å². The lowest BCUT2D eigenvalue weighted by atomic mass is 10.1. The van der Waals surface area contributed by atoms with Crippen LogP contribution in [0.2, 0.25) is 0 Å². The van der Waals surface area contributed by atoms with Crippen LogP contribution in [0.4, 0.5) is 5.82 Å². The molecule has 23 heavy (non-hydrogen) atoms. The van der Waals surface area contributed by atoms with Gasteiger partial charge >= 0.3 is 0 Å². The van der Waals surface area contributed by atoms with Crippen LogP contribution in [-0.2, 0) is 6.54 Å². The first-order valence-corrected chi connectivity index (χ1v) is 7.59. The third-order valence-electron chi connectivity index (χ3n) is 4.14. The van der Waals surface area contributed by atoms with E-state index in [0.29, 0.717) is 6.54 Å². The molecule has 0 bridgehead atoms. The van der Waals surface area contributed by atoms with Gasteiger partial charge in [0.05, 0.1) is 11.0 Å². The van der Waals surface area contributed by atoms with Crippen LogP contribution in [0.3, 0.4) is 0 Å². The molecule has 0 fully saturated rings. The maximum absolute atomic E-state index is 4.78. The van der Waals surface area contributed by atoms with E-state index in [9.17, 15) is 0 Å². The number of nitrogens with zero attached hydrogens (tertiary/aromatic N) is 4. The number of aryl methyl sites for hydroxylation is 2. The second-order valence-corrected chi connectivity index (χ2v) is 5.72. The van der Waals surface area contributed by atoms with Crippen molar-refractivity contribution in [1.82, 2.24) is 19.4 Å². The van der Waals surface area contributed by atoms with Gasteiger partial charge < -0.3 is 5.32 Å². The topological polar surface area (TPSA) is 55.1 Å². The largest absolute Gasteiger partial charge is 0.363 e. The minimum atomic E-state index is 0.689. The molecule has 1 N–H and O–H groups in total. The molecule has 1 aromatic carbocycles. The molecule has 0 saturated carbocycles. The summed E-state index contributed by atoms with van der Waals surface area (Å²) in [5.41, 5.74) is 6.55. The Bertz CT molecular complexity index is 989. The lowest BCUT2D eigenvalue weighted by Crippen LogP contribution is -2.05. The van der Waals surface area contributed by atoms with E-state index < -0.39 is 0 Å². The molecule has 3 heterocycles. The van der Waals surface area contributed by atoms with E-state index in [1.165, 1.54) is 11.1 Å². The van der Waals surface area contributed by atoms with Gasteiger partial charge in [-0.2, -0.15) is 0 Å². The molecule has 0 unspecified atom stereocenters. The molecule has 0 saturated heterocycles. The second-order valence-electron chi connectivity index (χ2n) is 5.72. The van der Waals surface area contributed by atoms with E-state index in [2.05, 4.69) is 45.7 Å². The molecule has 0 amide bonds. The van der Waals surface area contributed by atoms with Crippen LogP contribution in [0.25, 0.3) is 16.7 Å². The summed E-state index contributed by atoms with van der Waals surface area (Å²) in [5, 5.41) is 3.39. The first kappa shape index (κ1) is 13.7. The molecular formula is C18H17N5. The number of nitrogens with one attached hydrogen (secondary N) is 1. The standard InChI is InChI=1S/C18H17N5/c1-12-9-15-16(10-13(12)2)23-8-7-20-18(23)17(22-15)21-11-14-3-5-19-6-4-14/h3-10H,11H2,1-2H3,(H,21,22). The maximum atomic E-state index is 4.78. The van der Waals surface area contributed by atoms with Crippen LogP contribution in [0.15, 0.2) is 49.1 Å². The molecule has 0 aliphatic carbocycles. The minimum absolute atomic E-state index is 0.689. The van der Waals surface area contributed by atoms with E-state index in [1.54, 1.807) is 12.4 Å². The lowest BCUT2D eigenvalue weighted by molar-refractivity contribution is 1.09. The highest BCUT2D eigenvalue weighted by Gasteiger charge is 2.10. The monoisotopic (exact) mass is 303 g/mol. The fourth-order valence-electron chi connectivity index (χ4n) is 2.72. The second kappa shape index (κ2) is 5.35. The SMILES string of the molecule is Cc1cc2nc(NCc3ccncc3)c3nccn3c2cc1C. The molecule has 3 aromatic heterocycles. The highest BCUT2D eigenvalue weighted by molar-refractivity contribution is 5.84. The molecule has 0 atom stereocenters. The van der Waals surface area contributed by atoms with Crippen molar-refractivity contribution < 1.29 is 0 Å². The number of fused-ring (bicyclic) bond motifs is 3. The van der Waals surface area contributed by atoms with Crippen molar-refractivity contribution in [3.8, 4) is 0 Å². The van der Waals surface area contributed by atoms with Crippen molar-refractivity contribution in [2.75, 3.05) is 5.32 Å². The Morgan fingerprint density at radius 2 is 1.83 bits per heavy atom. The van der Waals surface area contributed by atoms with Crippen molar-refractivity contribution in [1.29, 1.82) is 0 Å². The van der Waals surface area contributed by atoms with Crippen molar-refractivity contribution in [2.24, 2.45) is 0 Å². The van der Waals surface area contributed by atoms with Crippen LogP contribution in [0.5, 0.6) is 0 Å². The van der Waals surface area contributed by atoms with Gasteiger partial charge in [-0.3, -0.25) is 9.38 Å². The molecule has 0 spiro atoms. The van der Waals surface area contributed by atoms with Gasteiger partial charge in [-0.1, -0.05) is 0 Å². The van der Waals surface area contributed by atoms with E-state index in [-0.39, 0.29) is 0 Å². The van der Waals surface area contributed by atoms with Gasteiger partial charge in [0.1, 0.15) is 0 Å². The Balaban J connectivity index is 1.82. The summed E-state index contributed by atoms with van der Waals surface area (Å²) in [6, 6.07) is 8.27. The quantitative estimate of drug-likeness (QED) is 0.629. The van der Waals surface area contributed by atoms with Crippen LogP contribution >= 0.6 is 0 Å². The number of anilines is 1. The highest BCUT2D eigenvalue weighted by atomic mass is 15.1. The lowest BCUT2D eigenvalue weighted by Gasteiger charge is -2.11. The van der Waals surface area contributed by atoms with Gasteiger partial charge in [-0.05, 0) is 54.8 Å². The highest BCUT2D eigenvalue weighted by Crippen LogP contribution is 2.23. The fraction of sp³-hybridized carbons (Fsp3) is 0.167. The zero-order valence-electron chi connectivity index (χ0n) is 13.1. The number of pyridine rings is 1. The van der Waals surface area contributed by atoms with Gasteiger partial charge in [0.2, 0.25) is 0 Å². The minimum Gasteiger partial charge on any atom is -0.363 e. The summed E-state index contributed by atoms with van der Waals surface area (Å²) in [7, 11) is 0. The molecular weight excluding hydrogens is 286 g/mol. The molecule has 0 aliphatic heterocycles. The number of hydrogen-bond acceptors (Lipinski definition) is 4. The zero-order chi connectivity index (χ0) is 15.8. The smallest absolute Gasteiger partial charge is 0.180 e. The van der Waals surface area contributed by atoms with Crippen molar-refractivity contribution >= 4 is 22.5 Å². The Kier molecular flexibility index (Phi) is 3.19. The van der Waals surface area contributed by atoms with Gasteiger partial charge in [0.25, 0.3) is 0 Å². The number of hydrogen-bond donors (Lipinski definition) is 1. The van der Waals surface area contributed by atoms with Gasteiger partial charge in [0.15, 0.2) is 11.5 Å². The van der Waals surface area contributed by atoms with E-state index >= 15 is 0 Å². The molecule has 114 valence electrons. The predicted octanol–water partition coefficient (Wildman–Crippen LogP) is 3.51. The van der Waals surface area contributed by atoms with Crippen molar-refractivity contribution in [3.05, 3.63) is 65.7 Å². The van der Waals surface area contributed by atoms with Gasteiger partial charge in [-0.15, -0.1) is 0 Å². The van der Waals surface area contributed by atoms with E-state index in [4.69, 9.17) is 4.98 Å².